The van der Waals surface area contributed by atoms with Crippen molar-refractivity contribution in [3.05, 3.63) is 0 Å². The number of hydrogen-bond acceptors (Lipinski definition) is 2. The van der Waals surface area contributed by atoms with Gasteiger partial charge in [-0.2, -0.15) is 0 Å². The van der Waals surface area contributed by atoms with Crippen molar-refractivity contribution in [1.82, 2.24) is 10.6 Å². The highest BCUT2D eigenvalue weighted by Gasteiger charge is 2.33. The molecular weight excluding hydrogens is 220 g/mol. The van der Waals surface area contributed by atoms with Gasteiger partial charge in [-0.25, -0.2) is 0 Å². The van der Waals surface area contributed by atoms with Gasteiger partial charge in [0, 0.05) is 12.1 Å². The van der Waals surface area contributed by atoms with Gasteiger partial charge in [-0.05, 0) is 57.0 Å². The van der Waals surface area contributed by atoms with Gasteiger partial charge in [0.05, 0.1) is 0 Å². The second kappa shape index (κ2) is 6.38. The van der Waals surface area contributed by atoms with Crippen LogP contribution in [0.25, 0.3) is 0 Å². The van der Waals surface area contributed by atoms with Crippen LogP contribution in [0.2, 0.25) is 0 Å². The van der Waals surface area contributed by atoms with Gasteiger partial charge < -0.3 is 10.6 Å². The highest BCUT2D eigenvalue weighted by molar-refractivity contribution is 4.92. The second-order valence-corrected chi connectivity index (χ2v) is 6.80. The zero-order chi connectivity index (χ0) is 12.2. The van der Waals surface area contributed by atoms with Crippen molar-refractivity contribution in [3.63, 3.8) is 0 Å². The maximum Gasteiger partial charge on any atom is 0.0110 e. The van der Waals surface area contributed by atoms with Gasteiger partial charge in [-0.15, -0.1) is 0 Å². The molecule has 2 aliphatic carbocycles. The zero-order valence-electron chi connectivity index (χ0n) is 11.8. The monoisotopic (exact) mass is 250 g/mol. The Hall–Kier alpha value is -0.0800. The highest BCUT2D eigenvalue weighted by Crippen LogP contribution is 2.32. The summed E-state index contributed by atoms with van der Waals surface area (Å²) in [6.07, 6.45) is 14.5. The van der Waals surface area contributed by atoms with Crippen molar-refractivity contribution < 1.29 is 0 Å². The minimum atomic E-state index is 0.820. The van der Waals surface area contributed by atoms with Gasteiger partial charge in [0.1, 0.15) is 0 Å². The molecule has 0 aromatic carbocycles. The van der Waals surface area contributed by atoms with Crippen molar-refractivity contribution in [2.75, 3.05) is 13.1 Å². The predicted molar refractivity (Wildman–Crippen MR) is 76.7 cm³/mol. The van der Waals surface area contributed by atoms with E-state index in [0.29, 0.717) is 0 Å². The van der Waals surface area contributed by atoms with E-state index < -0.39 is 0 Å². The first-order valence-corrected chi connectivity index (χ1v) is 8.40. The molecule has 0 aromatic rings. The van der Waals surface area contributed by atoms with Crippen LogP contribution in [0.4, 0.5) is 0 Å². The molecule has 3 unspecified atom stereocenters. The molecule has 0 aromatic heterocycles. The van der Waals surface area contributed by atoms with E-state index in [-0.39, 0.29) is 0 Å². The lowest BCUT2D eigenvalue weighted by Crippen LogP contribution is -2.47. The van der Waals surface area contributed by atoms with E-state index in [2.05, 4.69) is 10.6 Å². The number of hydrogen-bond donors (Lipinski definition) is 2. The minimum Gasteiger partial charge on any atom is -0.314 e. The average molecular weight is 250 g/mol. The van der Waals surface area contributed by atoms with E-state index in [4.69, 9.17) is 0 Å². The van der Waals surface area contributed by atoms with Crippen LogP contribution < -0.4 is 10.6 Å². The molecule has 0 spiro atoms. The fourth-order valence-corrected chi connectivity index (χ4v) is 4.22. The quantitative estimate of drug-likeness (QED) is 0.783. The third-order valence-electron chi connectivity index (χ3n) is 5.62. The van der Waals surface area contributed by atoms with Crippen LogP contribution >= 0.6 is 0 Å². The van der Waals surface area contributed by atoms with E-state index >= 15 is 0 Å². The van der Waals surface area contributed by atoms with Gasteiger partial charge in [0.15, 0.2) is 0 Å². The summed E-state index contributed by atoms with van der Waals surface area (Å²) in [4.78, 5) is 0. The molecule has 3 atom stereocenters. The van der Waals surface area contributed by atoms with Gasteiger partial charge in [-0.3, -0.25) is 0 Å². The van der Waals surface area contributed by atoms with Crippen molar-refractivity contribution in [1.29, 1.82) is 0 Å². The summed E-state index contributed by atoms with van der Waals surface area (Å²) in [6, 6.07) is 1.64. The maximum absolute atomic E-state index is 3.89. The lowest BCUT2D eigenvalue weighted by atomic mass is 9.83. The Morgan fingerprint density at radius 1 is 0.889 bits per heavy atom. The molecule has 1 aliphatic heterocycles. The topological polar surface area (TPSA) is 24.1 Å². The molecule has 1 heterocycles. The highest BCUT2D eigenvalue weighted by atomic mass is 15.0. The SMILES string of the molecule is C1CCC(C2CCCC2NCCC2CCC2)NC1. The molecule has 3 rings (SSSR count). The molecule has 2 saturated carbocycles. The van der Waals surface area contributed by atoms with E-state index in [0.717, 1.165) is 23.9 Å². The number of rotatable bonds is 5. The lowest BCUT2D eigenvalue weighted by Gasteiger charge is -2.33. The van der Waals surface area contributed by atoms with E-state index in [9.17, 15) is 0 Å². The van der Waals surface area contributed by atoms with E-state index in [1.54, 1.807) is 0 Å². The Balaban J connectivity index is 1.41. The van der Waals surface area contributed by atoms with Crippen LogP contribution in [0, 0.1) is 11.8 Å². The van der Waals surface area contributed by atoms with Crippen LogP contribution in [0.1, 0.15) is 64.2 Å². The smallest absolute Gasteiger partial charge is 0.0110 e. The maximum atomic E-state index is 3.89. The van der Waals surface area contributed by atoms with Crippen LogP contribution in [0.15, 0.2) is 0 Å². The van der Waals surface area contributed by atoms with Crippen LogP contribution in [0.3, 0.4) is 0 Å². The zero-order valence-corrected chi connectivity index (χ0v) is 11.8. The number of piperidine rings is 1. The summed E-state index contributed by atoms with van der Waals surface area (Å²) in [5, 5.41) is 7.66. The van der Waals surface area contributed by atoms with Crippen LogP contribution in [-0.4, -0.2) is 25.2 Å². The fourth-order valence-electron chi connectivity index (χ4n) is 4.22. The summed E-state index contributed by atoms with van der Waals surface area (Å²) in [5.41, 5.74) is 0. The summed E-state index contributed by atoms with van der Waals surface area (Å²) in [5.74, 6) is 1.98. The minimum absolute atomic E-state index is 0.820. The van der Waals surface area contributed by atoms with Crippen molar-refractivity contribution >= 4 is 0 Å². The Morgan fingerprint density at radius 3 is 2.50 bits per heavy atom. The molecule has 1 saturated heterocycles. The summed E-state index contributed by atoms with van der Waals surface area (Å²) in [6.45, 7) is 2.54. The molecule has 3 fully saturated rings. The molecule has 0 amide bonds. The van der Waals surface area contributed by atoms with Crippen molar-refractivity contribution in [2.24, 2.45) is 11.8 Å². The largest absolute Gasteiger partial charge is 0.314 e. The summed E-state index contributed by atoms with van der Waals surface area (Å²) >= 11 is 0. The summed E-state index contributed by atoms with van der Waals surface area (Å²) in [7, 11) is 0. The lowest BCUT2D eigenvalue weighted by molar-refractivity contribution is 0.243. The molecule has 0 radical (unpaired) electrons. The van der Waals surface area contributed by atoms with Gasteiger partial charge in [0.2, 0.25) is 0 Å². The molecule has 3 aliphatic rings. The Morgan fingerprint density at radius 2 is 1.78 bits per heavy atom. The van der Waals surface area contributed by atoms with Gasteiger partial charge >= 0.3 is 0 Å². The first-order chi connectivity index (χ1) is 8.93. The van der Waals surface area contributed by atoms with E-state index in [1.165, 1.54) is 77.3 Å². The third kappa shape index (κ3) is 3.08. The Bertz CT molecular complexity index is 243. The van der Waals surface area contributed by atoms with Crippen LogP contribution in [0.5, 0.6) is 0 Å². The average Bonchev–Trinajstić information content (AvgIpc) is 2.82. The predicted octanol–water partition coefficient (Wildman–Crippen LogP) is 3.08. The fraction of sp³-hybridized carbons (Fsp3) is 1.00. The molecule has 0 bridgehead atoms. The van der Waals surface area contributed by atoms with E-state index in [1.807, 2.05) is 0 Å². The molecule has 18 heavy (non-hydrogen) atoms. The molecular formula is C16H30N2. The third-order valence-corrected chi connectivity index (χ3v) is 5.62. The standard InChI is InChI=1S/C16H30N2/c1-2-11-17-15(8-1)14-7-4-9-16(14)18-12-10-13-5-3-6-13/h13-18H,1-12H2. The molecule has 2 nitrogen and oxygen atoms in total. The summed E-state index contributed by atoms with van der Waals surface area (Å²) < 4.78 is 0. The first-order valence-electron chi connectivity index (χ1n) is 8.40. The Kier molecular flexibility index (Phi) is 4.58. The normalized spacial score (nSPS) is 37.7. The van der Waals surface area contributed by atoms with Gasteiger partial charge in [-0.1, -0.05) is 32.1 Å². The Labute approximate surface area is 112 Å². The molecule has 2 heteroatoms. The second-order valence-electron chi connectivity index (χ2n) is 6.80. The van der Waals surface area contributed by atoms with Crippen molar-refractivity contribution in [3.8, 4) is 0 Å². The molecule has 2 N–H and O–H groups in total. The van der Waals surface area contributed by atoms with Crippen molar-refractivity contribution in [2.45, 2.75) is 76.3 Å². The van der Waals surface area contributed by atoms with Crippen LogP contribution in [-0.2, 0) is 0 Å². The number of nitrogens with one attached hydrogen (secondary N) is 2. The first kappa shape index (κ1) is 12.9. The molecule has 104 valence electrons. The van der Waals surface area contributed by atoms with Gasteiger partial charge in [0.25, 0.3) is 0 Å².